The van der Waals surface area contributed by atoms with Crippen LogP contribution in [0, 0.1) is 11.3 Å². The van der Waals surface area contributed by atoms with Crippen molar-refractivity contribution in [3.05, 3.63) is 46.6 Å². The van der Waals surface area contributed by atoms with Gasteiger partial charge in [0.2, 0.25) is 0 Å². The molecule has 8 heteroatoms. The molecule has 0 spiro atoms. The fraction of sp³-hybridized carbons (Fsp3) is 0.577. The summed E-state index contributed by atoms with van der Waals surface area (Å²) in [7, 11) is 0. The van der Waals surface area contributed by atoms with Gasteiger partial charge in [-0.2, -0.15) is 15.2 Å². The number of rotatable bonds is 6. The highest BCUT2D eigenvalue weighted by Gasteiger charge is 2.36. The van der Waals surface area contributed by atoms with Crippen LogP contribution in [0.3, 0.4) is 0 Å². The van der Waals surface area contributed by atoms with E-state index in [4.69, 9.17) is 14.7 Å². The number of hydrogen-bond donors (Lipinski definition) is 2. The van der Waals surface area contributed by atoms with Crippen LogP contribution in [0.2, 0.25) is 0 Å². The first kappa shape index (κ1) is 21.8. The predicted octanol–water partition coefficient (Wildman–Crippen LogP) is 2.30. The number of nitrogens with zero attached hydrogens (tertiary/aromatic N) is 5. The van der Waals surface area contributed by atoms with Crippen LogP contribution in [-0.2, 0) is 19.5 Å². The topological polar surface area (TPSA) is 89.3 Å². The lowest BCUT2D eigenvalue weighted by atomic mass is 10.1. The van der Waals surface area contributed by atoms with Crippen molar-refractivity contribution in [2.45, 2.75) is 63.3 Å². The molecule has 3 aliphatic heterocycles. The van der Waals surface area contributed by atoms with Crippen LogP contribution in [0.25, 0.3) is 0 Å². The Labute approximate surface area is 201 Å². The highest BCUT2D eigenvalue weighted by Crippen LogP contribution is 2.41. The molecule has 178 valence electrons. The molecule has 2 fully saturated rings. The molecule has 2 N–H and O–H groups in total. The monoisotopic (exact) mass is 459 g/mol. The maximum Gasteiger partial charge on any atom is 0.318 e. The van der Waals surface area contributed by atoms with Crippen LogP contribution in [0.1, 0.15) is 54.1 Å². The molecule has 4 heterocycles. The molecule has 0 amide bonds. The summed E-state index contributed by atoms with van der Waals surface area (Å²) in [6.07, 6.45) is 5.14. The zero-order chi connectivity index (χ0) is 22.9. The smallest absolute Gasteiger partial charge is 0.318 e. The number of fused-ring (bicyclic) bond motifs is 2. The van der Waals surface area contributed by atoms with E-state index in [1.807, 2.05) is 0 Å². The molecule has 1 aliphatic carbocycles. The summed E-state index contributed by atoms with van der Waals surface area (Å²) >= 11 is 0. The van der Waals surface area contributed by atoms with E-state index >= 15 is 0 Å². The maximum atomic E-state index is 9.22. The van der Waals surface area contributed by atoms with Crippen molar-refractivity contribution in [3.8, 4) is 12.1 Å². The fourth-order valence-electron chi connectivity index (χ4n) is 6.04. The van der Waals surface area contributed by atoms with Crippen molar-refractivity contribution in [1.82, 2.24) is 25.5 Å². The fourth-order valence-corrected chi connectivity index (χ4v) is 6.04. The van der Waals surface area contributed by atoms with E-state index in [2.05, 4.69) is 50.8 Å². The third-order valence-corrected chi connectivity index (χ3v) is 7.78. The summed E-state index contributed by atoms with van der Waals surface area (Å²) in [6, 6.07) is 12.6. The third-order valence-electron chi connectivity index (χ3n) is 7.78. The van der Waals surface area contributed by atoms with Crippen molar-refractivity contribution in [2.24, 2.45) is 0 Å². The normalized spacial score (nSPS) is 26.3. The predicted molar refractivity (Wildman–Crippen MR) is 130 cm³/mol. The number of ether oxygens (including phenoxy) is 1. The van der Waals surface area contributed by atoms with Crippen LogP contribution in [0.4, 0.5) is 5.82 Å². The number of benzene rings is 1. The third kappa shape index (κ3) is 4.24. The van der Waals surface area contributed by atoms with Gasteiger partial charge in [0.15, 0.2) is 0 Å². The lowest BCUT2D eigenvalue weighted by Crippen LogP contribution is -2.51. The standard InChI is InChI=1S/C26H33N7O/c27-10-9-19-14-32(13-12-29-19)25-22-15-33(24-8-7-18-4-1-2-6-21(18)24)16-23(22)30-26(31-25)34-17-20-5-3-11-28-20/h1-2,4,6,19-20,24,28-29H,3,5,7-9,11-17H2/t19-,20-,24?/m0/s1. The van der Waals surface area contributed by atoms with E-state index in [1.54, 1.807) is 0 Å². The van der Waals surface area contributed by atoms with Crippen LogP contribution < -0.4 is 20.3 Å². The molecular formula is C26H33N7O. The number of nitrogens with one attached hydrogen (secondary N) is 2. The minimum atomic E-state index is 0.163. The van der Waals surface area contributed by atoms with E-state index in [0.717, 1.165) is 70.0 Å². The number of piperazine rings is 1. The van der Waals surface area contributed by atoms with Crippen LogP contribution in [0.5, 0.6) is 6.01 Å². The SMILES string of the molecule is N#CC[C@H]1CN(c2nc(OC[C@@H]3CCCN3)nc3c2CN(C2CCc4ccccc42)C3)CCN1. The summed E-state index contributed by atoms with van der Waals surface area (Å²) in [5.41, 5.74) is 5.27. The largest absolute Gasteiger partial charge is 0.462 e. The highest BCUT2D eigenvalue weighted by atomic mass is 16.5. The molecule has 1 aromatic carbocycles. The molecule has 3 atom stereocenters. The molecule has 34 heavy (non-hydrogen) atoms. The molecule has 1 unspecified atom stereocenters. The molecule has 0 bridgehead atoms. The van der Waals surface area contributed by atoms with Crippen molar-refractivity contribution < 1.29 is 4.74 Å². The molecule has 8 nitrogen and oxygen atoms in total. The quantitative estimate of drug-likeness (QED) is 0.680. The van der Waals surface area contributed by atoms with Crippen molar-refractivity contribution in [1.29, 1.82) is 5.26 Å². The number of aromatic nitrogens is 2. The van der Waals surface area contributed by atoms with Gasteiger partial charge < -0.3 is 20.3 Å². The first-order chi connectivity index (χ1) is 16.8. The minimum Gasteiger partial charge on any atom is -0.462 e. The number of aryl methyl sites for hydroxylation is 1. The van der Waals surface area contributed by atoms with E-state index in [9.17, 15) is 5.26 Å². The molecule has 2 saturated heterocycles. The number of anilines is 1. The second-order valence-corrected chi connectivity index (χ2v) is 9.98. The Hall–Kier alpha value is -2.73. The minimum absolute atomic E-state index is 0.163. The summed E-state index contributed by atoms with van der Waals surface area (Å²) in [5.74, 6) is 0.998. The van der Waals surface area contributed by atoms with Gasteiger partial charge in [0.05, 0.1) is 18.2 Å². The molecular weight excluding hydrogens is 426 g/mol. The van der Waals surface area contributed by atoms with E-state index in [0.29, 0.717) is 31.1 Å². The second-order valence-electron chi connectivity index (χ2n) is 9.98. The Morgan fingerprint density at radius 1 is 1.09 bits per heavy atom. The highest BCUT2D eigenvalue weighted by molar-refractivity contribution is 5.52. The molecule has 4 aliphatic rings. The van der Waals surface area contributed by atoms with Gasteiger partial charge in [-0.05, 0) is 43.4 Å². The molecule has 6 rings (SSSR count). The number of hydrogen-bond acceptors (Lipinski definition) is 8. The zero-order valence-electron chi connectivity index (χ0n) is 19.7. The Morgan fingerprint density at radius 3 is 2.88 bits per heavy atom. The van der Waals surface area contributed by atoms with Gasteiger partial charge in [-0.1, -0.05) is 24.3 Å². The first-order valence-electron chi connectivity index (χ1n) is 12.7. The van der Waals surface area contributed by atoms with E-state index in [1.165, 1.54) is 23.1 Å². The summed E-state index contributed by atoms with van der Waals surface area (Å²) in [5, 5.41) is 16.2. The van der Waals surface area contributed by atoms with Gasteiger partial charge in [-0.15, -0.1) is 0 Å². The van der Waals surface area contributed by atoms with Gasteiger partial charge in [-0.3, -0.25) is 4.90 Å². The lowest BCUT2D eigenvalue weighted by Gasteiger charge is -2.34. The second kappa shape index (κ2) is 9.49. The van der Waals surface area contributed by atoms with Crippen molar-refractivity contribution in [3.63, 3.8) is 0 Å². The Balaban J connectivity index is 1.28. The van der Waals surface area contributed by atoms with E-state index in [-0.39, 0.29) is 6.04 Å². The Bertz CT molecular complexity index is 1080. The van der Waals surface area contributed by atoms with Gasteiger partial charge >= 0.3 is 6.01 Å². The van der Waals surface area contributed by atoms with Gasteiger partial charge in [-0.25, -0.2) is 0 Å². The first-order valence-corrected chi connectivity index (χ1v) is 12.7. The summed E-state index contributed by atoms with van der Waals surface area (Å²) < 4.78 is 6.14. The lowest BCUT2D eigenvalue weighted by molar-refractivity contribution is 0.198. The summed E-state index contributed by atoms with van der Waals surface area (Å²) in [4.78, 5) is 14.8. The molecule has 0 saturated carbocycles. The van der Waals surface area contributed by atoms with Crippen LogP contribution in [0.15, 0.2) is 24.3 Å². The van der Waals surface area contributed by atoms with Crippen LogP contribution in [-0.4, -0.2) is 59.7 Å². The Kier molecular flexibility index (Phi) is 6.08. The Morgan fingerprint density at radius 2 is 2.00 bits per heavy atom. The van der Waals surface area contributed by atoms with Gasteiger partial charge in [0, 0.05) is 56.4 Å². The molecule has 2 aromatic rings. The average molecular weight is 460 g/mol. The molecule has 0 radical (unpaired) electrons. The zero-order valence-corrected chi connectivity index (χ0v) is 19.7. The van der Waals surface area contributed by atoms with Gasteiger partial charge in [0.1, 0.15) is 12.4 Å². The number of nitriles is 1. The molecule has 1 aromatic heterocycles. The summed E-state index contributed by atoms with van der Waals surface area (Å²) in [6.45, 7) is 5.87. The van der Waals surface area contributed by atoms with Gasteiger partial charge in [0.25, 0.3) is 0 Å². The van der Waals surface area contributed by atoms with Crippen molar-refractivity contribution in [2.75, 3.05) is 37.7 Å². The average Bonchev–Trinajstić information content (AvgIpc) is 3.62. The van der Waals surface area contributed by atoms with Crippen molar-refractivity contribution >= 4 is 5.82 Å². The van der Waals surface area contributed by atoms with Crippen LogP contribution >= 0.6 is 0 Å². The maximum absolute atomic E-state index is 9.22. The van der Waals surface area contributed by atoms with E-state index < -0.39 is 0 Å².